The van der Waals surface area contributed by atoms with Gasteiger partial charge in [0.2, 0.25) is 0 Å². The Labute approximate surface area is 178 Å². The number of ether oxygens (including phenoxy) is 1. The number of nitrogens with two attached hydrogens (primary N) is 1. The smallest absolute Gasteiger partial charge is 0.387 e. The number of guanidine groups is 1. The van der Waals surface area contributed by atoms with Crippen molar-refractivity contribution in [2.24, 2.45) is 10.7 Å². The summed E-state index contributed by atoms with van der Waals surface area (Å²) in [6.07, 6.45) is 3.94. The van der Waals surface area contributed by atoms with E-state index in [0.29, 0.717) is 11.1 Å². The van der Waals surface area contributed by atoms with Crippen LogP contribution in [0.2, 0.25) is 0 Å². The first-order valence-corrected chi connectivity index (χ1v) is 9.47. The Hall–Kier alpha value is -3.63. The number of nitrogens with one attached hydrogen (secondary N) is 1. The first kappa shape index (κ1) is 23.6. The molecule has 1 aromatic carbocycles. The molecule has 2 aromatic rings. The molecular weight excluding hydrogens is 410 g/mol. The predicted octanol–water partition coefficient (Wildman–Crippen LogP) is 1.82. The van der Waals surface area contributed by atoms with E-state index in [9.17, 15) is 18.4 Å². The Morgan fingerprint density at radius 3 is 2.45 bits per heavy atom. The van der Waals surface area contributed by atoms with Crippen LogP contribution < -0.4 is 15.8 Å². The minimum absolute atomic E-state index is 0.0277. The highest BCUT2D eigenvalue weighted by molar-refractivity contribution is 6.07. The molecule has 2 amide bonds. The topological polar surface area (TPSA) is 123 Å². The van der Waals surface area contributed by atoms with Crippen molar-refractivity contribution in [3.05, 3.63) is 53.6 Å². The number of carbonyl (C=O) groups excluding carboxylic acids is 2. The molecule has 0 spiro atoms. The second kappa shape index (κ2) is 9.92. The Morgan fingerprint density at radius 2 is 1.94 bits per heavy atom. The van der Waals surface area contributed by atoms with Crippen molar-refractivity contribution in [3.8, 4) is 5.75 Å². The van der Waals surface area contributed by atoms with E-state index in [0.717, 1.165) is 4.90 Å². The zero-order valence-electron chi connectivity index (χ0n) is 17.6. The van der Waals surface area contributed by atoms with Gasteiger partial charge in [-0.25, -0.2) is 15.0 Å². The fourth-order valence-electron chi connectivity index (χ4n) is 2.97. The summed E-state index contributed by atoms with van der Waals surface area (Å²) < 4.78 is 29.5. The second-order valence-electron chi connectivity index (χ2n) is 6.36. The molecule has 0 saturated heterocycles. The van der Waals surface area contributed by atoms with Crippen molar-refractivity contribution < 1.29 is 23.1 Å². The summed E-state index contributed by atoms with van der Waals surface area (Å²) in [5, 5.41) is 2.64. The van der Waals surface area contributed by atoms with Crippen LogP contribution in [-0.4, -0.2) is 52.8 Å². The van der Waals surface area contributed by atoms with Crippen LogP contribution in [0.15, 0.2) is 41.9 Å². The molecule has 9 nitrogen and oxygen atoms in total. The van der Waals surface area contributed by atoms with Crippen molar-refractivity contribution in [1.82, 2.24) is 20.2 Å². The summed E-state index contributed by atoms with van der Waals surface area (Å²) in [6.45, 7) is 2.37. The summed E-state index contributed by atoms with van der Waals surface area (Å²) in [6, 6.07) is 4.27. The third-order valence-corrected chi connectivity index (χ3v) is 4.50. The van der Waals surface area contributed by atoms with Crippen LogP contribution in [0.3, 0.4) is 0 Å². The molecule has 166 valence electrons. The van der Waals surface area contributed by atoms with E-state index in [2.05, 4.69) is 25.0 Å². The van der Waals surface area contributed by atoms with Gasteiger partial charge in [0.15, 0.2) is 11.5 Å². The molecule has 0 fully saturated rings. The third kappa shape index (κ3) is 4.93. The maximum atomic E-state index is 13.0. The second-order valence-corrected chi connectivity index (χ2v) is 6.36. The van der Waals surface area contributed by atoms with Gasteiger partial charge in [-0.2, -0.15) is 8.78 Å². The third-order valence-electron chi connectivity index (χ3n) is 4.50. The van der Waals surface area contributed by atoms with E-state index in [1.54, 1.807) is 6.92 Å². The summed E-state index contributed by atoms with van der Waals surface area (Å²) >= 11 is 0. The lowest BCUT2D eigenvalue weighted by atomic mass is 9.88. The standard InChI is InChI=1S/C18H18F2N6O3.C2H6/c1-10-5-12(3-4-13(10)29-16(19)20)18(15(28)26(2)17(21)25-18)8-24-14(27)11-6-22-9-23-7-11;1-2/h3-7,9,16H,8H2,1-2H3,(H2,21,25)(H,24,27);1-2H3. The largest absolute Gasteiger partial charge is 0.435 e. The van der Waals surface area contributed by atoms with Crippen molar-refractivity contribution in [1.29, 1.82) is 0 Å². The number of nitrogens with zero attached hydrogens (tertiary/aromatic N) is 4. The quantitative estimate of drug-likeness (QED) is 0.715. The van der Waals surface area contributed by atoms with Gasteiger partial charge in [0.1, 0.15) is 12.1 Å². The molecule has 0 bridgehead atoms. The summed E-state index contributed by atoms with van der Waals surface area (Å²) in [5.41, 5.74) is 5.24. The zero-order valence-corrected chi connectivity index (χ0v) is 17.6. The summed E-state index contributed by atoms with van der Waals surface area (Å²) in [4.78, 5) is 38.4. The lowest BCUT2D eigenvalue weighted by Gasteiger charge is -2.26. The Morgan fingerprint density at radius 1 is 1.29 bits per heavy atom. The van der Waals surface area contributed by atoms with E-state index >= 15 is 0 Å². The molecule has 1 aromatic heterocycles. The van der Waals surface area contributed by atoms with Crippen LogP contribution in [0.1, 0.15) is 35.3 Å². The minimum atomic E-state index is -2.98. The number of aromatic nitrogens is 2. The van der Waals surface area contributed by atoms with Crippen LogP contribution in [0.5, 0.6) is 5.75 Å². The molecule has 1 aliphatic rings. The highest BCUT2D eigenvalue weighted by Crippen LogP contribution is 2.35. The zero-order chi connectivity index (χ0) is 23.2. The van der Waals surface area contributed by atoms with Gasteiger partial charge < -0.3 is 15.8 Å². The molecule has 3 N–H and O–H groups in total. The normalized spacial score (nSPS) is 17.7. The lowest BCUT2D eigenvalue weighted by molar-refractivity contribution is -0.130. The van der Waals surface area contributed by atoms with Gasteiger partial charge in [-0.3, -0.25) is 14.5 Å². The molecule has 0 aliphatic carbocycles. The number of halogens is 2. The van der Waals surface area contributed by atoms with Crippen LogP contribution in [0.25, 0.3) is 0 Å². The Kier molecular flexibility index (Phi) is 7.56. The van der Waals surface area contributed by atoms with E-state index < -0.39 is 24.0 Å². The van der Waals surface area contributed by atoms with Crippen molar-refractivity contribution in [2.75, 3.05) is 13.6 Å². The molecule has 0 radical (unpaired) electrons. The number of aliphatic imine (C=N–C) groups is 1. The van der Waals surface area contributed by atoms with Crippen LogP contribution >= 0.6 is 0 Å². The molecule has 1 aliphatic heterocycles. The van der Waals surface area contributed by atoms with Gasteiger partial charge in [-0.1, -0.05) is 19.9 Å². The molecule has 0 saturated carbocycles. The van der Waals surface area contributed by atoms with Crippen molar-refractivity contribution in [2.45, 2.75) is 32.9 Å². The van der Waals surface area contributed by atoms with Gasteiger partial charge in [0, 0.05) is 19.4 Å². The molecule has 2 heterocycles. The average Bonchev–Trinajstić information content (AvgIpc) is 2.99. The number of likely N-dealkylation sites (N-methyl/N-ethyl adjacent to an activating group) is 1. The number of benzene rings is 1. The first-order chi connectivity index (χ1) is 14.7. The monoisotopic (exact) mass is 434 g/mol. The van der Waals surface area contributed by atoms with Gasteiger partial charge in [0.05, 0.1) is 12.1 Å². The fourth-order valence-corrected chi connectivity index (χ4v) is 2.97. The van der Waals surface area contributed by atoms with Crippen molar-refractivity contribution in [3.63, 3.8) is 0 Å². The Balaban J connectivity index is 0.00000166. The van der Waals surface area contributed by atoms with E-state index in [4.69, 9.17) is 5.73 Å². The molecule has 1 unspecified atom stereocenters. The molecular formula is C20H24F2N6O3. The summed E-state index contributed by atoms with van der Waals surface area (Å²) in [7, 11) is 1.46. The average molecular weight is 434 g/mol. The molecule has 31 heavy (non-hydrogen) atoms. The number of aryl methyl sites for hydroxylation is 1. The number of hydrogen-bond acceptors (Lipinski definition) is 7. The van der Waals surface area contributed by atoms with Gasteiger partial charge in [-0.15, -0.1) is 0 Å². The predicted molar refractivity (Wildman–Crippen MR) is 110 cm³/mol. The van der Waals surface area contributed by atoms with Crippen LogP contribution in [-0.2, 0) is 10.3 Å². The van der Waals surface area contributed by atoms with Gasteiger partial charge in [0.25, 0.3) is 11.8 Å². The number of rotatable bonds is 6. The number of carbonyl (C=O) groups is 2. The maximum absolute atomic E-state index is 13.0. The van der Waals surface area contributed by atoms with Crippen molar-refractivity contribution >= 4 is 17.8 Å². The minimum Gasteiger partial charge on any atom is -0.435 e. The molecule has 3 rings (SSSR count). The van der Waals surface area contributed by atoms with E-state index in [1.807, 2.05) is 13.8 Å². The van der Waals surface area contributed by atoms with Gasteiger partial charge in [-0.05, 0) is 30.2 Å². The lowest BCUT2D eigenvalue weighted by Crippen LogP contribution is -2.47. The molecule has 11 heteroatoms. The SMILES string of the molecule is CC.Cc1cc(C2(CNC(=O)c3cncnc3)N=C(N)N(C)C2=O)ccc1OC(F)F. The highest BCUT2D eigenvalue weighted by atomic mass is 19.3. The maximum Gasteiger partial charge on any atom is 0.387 e. The summed E-state index contributed by atoms with van der Waals surface area (Å²) in [5.74, 6) is -1.03. The molecule has 1 atom stereocenters. The fraction of sp³-hybridized carbons (Fsp3) is 0.350. The highest BCUT2D eigenvalue weighted by Gasteiger charge is 2.48. The van der Waals surface area contributed by atoms with E-state index in [1.165, 1.54) is 44.0 Å². The van der Waals surface area contributed by atoms with Crippen LogP contribution in [0.4, 0.5) is 8.78 Å². The number of alkyl halides is 2. The van der Waals surface area contributed by atoms with Crippen LogP contribution in [0, 0.1) is 6.92 Å². The number of amides is 2. The number of hydrogen-bond donors (Lipinski definition) is 2. The van der Waals surface area contributed by atoms with Gasteiger partial charge >= 0.3 is 6.61 Å². The Bertz CT molecular complexity index is 971. The first-order valence-electron chi connectivity index (χ1n) is 9.47. The van der Waals surface area contributed by atoms with E-state index in [-0.39, 0.29) is 23.8 Å².